The number of unbranched alkanes of at least 4 members (excludes halogenated alkanes) is 3. The summed E-state index contributed by atoms with van der Waals surface area (Å²) in [4.78, 5) is 0. The summed E-state index contributed by atoms with van der Waals surface area (Å²) in [7, 11) is 0. The van der Waals surface area contributed by atoms with Gasteiger partial charge in [0.15, 0.2) is 0 Å². The van der Waals surface area contributed by atoms with Crippen LogP contribution < -0.4 is 5.73 Å². The summed E-state index contributed by atoms with van der Waals surface area (Å²) < 4.78 is 7.68. The monoisotopic (exact) mass is 455 g/mol. The average molecular weight is 454 g/mol. The van der Waals surface area contributed by atoms with Crippen LogP contribution in [-0.4, -0.2) is 24.4 Å². The first kappa shape index (κ1) is 21.8. The molecule has 2 fully saturated rings. The van der Waals surface area contributed by atoms with Crippen LogP contribution in [0.25, 0.3) is 0 Å². The fourth-order valence-corrected chi connectivity index (χ4v) is 20.1. The van der Waals surface area contributed by atoms with Crippen molar-refractivity contribution in [1.29, 1.82) is 0 Å². The molecule has 0 aromatic heterocycles. The number of hydrogen-bond acceptors (Lipinski definition) is 1. The molecule has 25 heavy (non-hydrogen) atoms. The van der Waals surface area contributed by atoms with Crippen molar-refractivity contribution in [3.8, 4) is 0 Å². The molecule has 0 bridgehead atoms. The van der Waals surface area contributed by atoms with E-state index in [4.69, 9.17) is 5.73 Å². The maximum atomic E-state index is 6.64. The van der Waals surface area contributed by atoms with Gasteiger partial charge in [0.05, 0.1) is 0 Å². The summed E-state index contributed by atoms with van der Waals surface area (Å²) in [6, 6.07) is 0.455. The van der Waals surface area contributed by atoms with Crippen LogP contribution in [0.1, 0.15) is 91.4 Å². The Balaban J connectivity index is 2.12. The van der Waals surface area contributed by atoms with Gasteiger partial charge < -0.3 is 0 Å². The van der Waals surface area contributed by atoms with E-state index in [1.165, 1.54) is 70.6 Å². The Morgan fingerprint density at radius 1 is 0.880 bits per heavy atom. The van der Waals surface area contributed by atoms with Crippen molar-refractivity contribution in [1.82, 2.24) is 0 Å². The molecule has 2 rings (SSSR count). The molecule has 2 heteroatoms. The van der Waals surface area contributed by atoms with Crippen LogP contribution in [0.15, 0.2) is 10.2 Å². The predicted molar refractivity (Wildman–Crippen MR) is 116 cm³/mol. The SMILES string of the molecule is CCC[CH2][Sn](/[CH]=C/C1C(N)C[C@H]2CCCC[C@H]12)([CH2]CCC)[CH2]CCC. The Kier molecular flexibility index (Phi) is 9.91. The fraction of sp³-hybridized carbons (Fsp3) is 0.913. The van der Waals surface area contributed by atoms with E-state index in [2.05, 4.69) is 30.9 Å². The molecule has 0 aliphatic heterocycles. The molecule has 2 saturated carbocycles. The van der Waals surface area contributed by atoms with Crippen molar-refractivity contribution in [2.75, 3.05) is 0 Å². The Hall–Kier alpha value is 0.499. The van der Waals surface area contributed by atoms with Gasteiger partial charge in [-0.25, -0.2) is 0 Å². The third-order valence-corrected chi connectivity index (χ3v) is 21.4. The average Bonchev–Trinajstić information content (AvgIpc) is 2.96. The summed E-state index contributed by atoms with van der Waals surface area (Å²) in [6.07, 6.45) is 18.4. The summed E-state index contributed by atoms with van der Waals surface area (Å²) in [5, 5.41) is 0. The van der Waals surface area contributed by atoms with E-state index in [1.807, 2.05) is 0 Å². The predicted octanol–water partition coefficient (Wildman–Crippen LogP) is 7.08. The standard InChI is InChI=1S/C11H18N.3C4H9.Sn/c1-2-9-10-6-4-3-5-8(10)7-11(9)12;3*1-3-4-2;/h1-2,8-11H,3-7,12H2;3*1,3-4H2,2H3;/t8-,9?,10+,11?;;;;/m1..../s1. The van der Waals surface area contributed by atoms with Crippen molar-refractivity contribution in [3.05, 3.63) is 10.2 Å². The first-order valence-electron chi connectivity index (χ1n) is 11.6. The molecule has 0 heterocycles. The summed E-state index contributed by atoms with van der Waals surface area (Å²) in [5.74, 6) is 2.59. The van der Waals surface area contributed by atoms with E-state index < -0.39 is 18.4 Å². The second-order valence-corrected chi connectivity index (χ2v) is 22.2. The molecule has 0 amide bonds. The van der Waals surface area contributed by atoms with Gasteiger partial charge in [-0.1, -0.05) is 0 Å². The Bertz CT molecular complexity index is 370. The number of fused-ring (bicyclic) bond motifs is 1. The Morgan fingerprint density at radius 3 is 2.00 bits per heavy atom. The Morgan fingerprint density at radius 2 is 1.44 bits per heavy atom. The first-order chi connectivity index (χ1) is 12.2. The van der Waals surface area contributed by atoms with E-state index in [0.29, 0.717) is 12.0 Å². The number of nitrogens with two attached hydrogens (primary N) is 1. The van der Waals surface area contributed by atoms with Gasteiger partial charge in [0.1, 0.15) is 0 Å². The number of hydrogen-bond donors (Lipinski definition) is 1. The zero-order valence-corrected chi connectivity index (χ0v) is 20.3. The van der Waals surface area contributed by atoms with Gasteiger partial charge in [-0.2, -0.15) is 0 Å². The van der Waals surface area contributed by atoms with Crippen LogP contribution in [0.2, 0.25) is 13.3 Å². The van der Waals surface area contributed by atoms with Crippen LogP contribution in [0.4, 0.5) is 0 Å². The van der Waals surface area contributed by atoms with E-state index in [0.717, 1.165) is 11.8 Å². The molecule has 2 aliphatic carbocycles. The summed E-state index contributed by atoms with van der Waals surface area (Å²) in [5.41, 5.74) is 6.64. The van der Waals surface area contributed by atoms with Gasteiger partial charge in [-0.3, -0.25) is 0 Å². The molecule has 2 aliphatic rings. The van der Waals surface area contributed by atoms with Gasteiger partial charge in [-0.15, -0.1) is 0 Å². The van der Waals surface area contributed by atoms with Crippen LogP contribution in [-0.2, 0) is 0 Å². The topological polar surface area (TPSA) is 26.0 Å². The molecule has 146 valence electrons. The minimum atomic E-state index is -2.12. The zero-order valence-electron chi connectivity index (χ0n) is 17.4. The molecule has 0 aromatic rings. The summed E-state index contributed by atoms with van der Waals surface area (Å²) in [6.45, 7) is 7.12. The van der Waals surface area contributed by atoms with Crippen molar-refractivity contribution >= 4 is 18.4 Å². The van der Waals surface area contributed by atoms with E-state index in [9.17, 15) is 0 Å². The van der Waals surface area contributed by atoms with Gasteiger partial charge in [0, 0.05) is 0 Å². The molecule has 0 spiro atoms. The summed E-state index contributed by atoms with van der Waals surface area (Å²) >= 11 is -2.12. The molecular formula is C23H45NSn. The second-order valence-electron chi connectivity index (χ2n) is 9.22. The molecule has 2 unspecified atom stereocenters. The van der Waals surface area contributed by atoms with Crippen molar-refractivity contribution in [3.63, 3.8) is 0 Å². The van der Waals surface area contributed by atoms with Gasteiger partial charge >= 0.3 is 163 Å². The molecule has 0 aromatic carbocycles. The molecule has 2 N–H and O–H groups in total. The van der Waals surface area contributed by atoms with E-state index in [-0.39, 0.29) is 0 Å². The van der Waals surface area contributed by atoms with Gasteiger partial charge in [0.2, 0.25) is 0 Å². The molecular weight excluding hydrogens is 409 g/mol. The third kappa shape index (κ3) is 6.26. The van der Waals surface area contributed by atoms with Crippen molar-refractivity contribution in [2.45, 2.75) is 111 Å². The number of rotatable bonds is 11. The normalized spacial score (nSPS) is 30.1. The first-order valence-corrected chi connectivity index (χ1v) is 19.3. The van der Waals surface area contributed by atoms with Crippen molar-refractivity contribution < 1.29 is 0 Å². The zero-order chi connectivity index (χ0) is 18.1. The maximum absolute atomic E-state index is 6.64. The van der Waals surface area contributed by atoms with E-state index >= 15 is 0 Å². The quantitative estimate of drug-likeness (QED) is 0.332. The van der Waals surface area contributed by atoms with E-state index in [1.54, 1.807) is 13.3 Å². The molecule has 1 nitrogen and oxygen atoms in total. The van der Waals surface area contributed by atoms with Crippen LogP contribution >= 0.6 is 0 Å². The molecule has 0 radical (unpaired) electrons. The van der Waals surface area contributed by atoms with Crippen molar-refractivity contribution in [2.24, 2.45) is 23.5 Å². The van der Waals surface area contributed by atoms with Gasteiger partial charge in [-0.05, 0) is 0 Å². The molecule has 0 saturated heterocycles. The fourth-order valence-electron chi connectivity index (χ4n) is 5.67. The second kappa shape index (κ2) is 11.4. The van der Waals surface area contributed by atoms with Crippen LogP contribution in [0, 0.1) is 17.8 Å². The van der Waals surface area contributed by atoms with Crippen LogP contribution in [0.3, 0.4) is 0 Å². The molecule has 4 atom stereocenters. The Labute approximate surface area is 162 Å². The van der Waals surface area contributed by atoms with Crippen LogP contribution in [0.5, 0.6) is 0 Å². The third-order valence-electron chi connectivity index (χ3n) is 7.29. The van der Waals surface area contributed by atoms with Gasteiger partial charge in [0.25, 0.3) is 0 Å². The minimum absolute atomic E-state index is 0.455.